The van der Waals surface area contributed by atoms with Gasteiger partial charge in [-0.2, -0.15) is 0 Å². The molecule has 0 radical (unpaired) electrons. The quantitative estimate of drug-likeness (QED) is 0.187. The molecule has 8 heteroatoms. The Kier molecular flexibility index (Phi) is 6.53. The molecule has 33 heavy (non-hydrogen) atoms. The highest BCUT2D eigenvalue weighted by Gasteiger charge is 2.38. The van der Waals surface area contributed by atoms with Crippen LogP contribution in [0.1, 0.15) is 21.5 Å². The van der Waals surface area contributed by atoms with Gasteiger partial charge in [-0.1, -0.05) is 17.7 Å². The average molecular weight is 573 g/mol. The minimum atomic E-state index is -0.598. The third-order valence-corrected chi connectivity index (χ3v) is 5.98. The second-order valence-corrected chi connectivity index (χ2v) is 9.15. The largest absolute Gasteiger partial charge is 0.423 e. The Bertz CT molecular complexity index is 1280. The van der Waals surface area contributed by atoms with Crippen LogP contribution in [0.3, 0.4) is 0 Å². The van der Waals surface area contributed by atoms with Crippen LogP contribution in [0.15, 0.2) is 77.5 Å². The fraction of sp³-hybridized carbons (Fsp3) is 0.0800. The van der Waals surface area contributed by atoms with E-state index in [2.05, 4.69) is 27.9 Å². The molecule has 3 aromatic rings. The summed E-state index contributed by atoms with van der Waals surface area (Å²) < 4.78 is 6.44. The molecule has 166 valence electrons. The number of hydrogen-bond donors (Lipinski definition) is 1. The lowest BCUT2D eigenvalue weighted by molar-refractivity contribution is -0.120. The first-order valence-electron chi connectivity index (χ1n) is 9.94. The highest BCUT2D eigenvalue weighted by Crippen LogP contribution is 2.30. The van der Waals surface area contributed by atoms with Gasteiger partial charge in [-0.25, -0.2) is 9.69 Å². The highest BCUT2D eigenvalue weighted by molar-refractivity contribution is 14.1. The van der Waals surface area contributed by atoms with Crippen molar-refractivity contribution in [3.63, 3.8) is 0 Å². The first-order chi connectivity index (χ1) is 15.7. The second kappa shape index (κ2) is 9.36. The van der Waals surface area contributed by atoms with E-state index in [-0.39, 0.29) is 10.7 Å². The number of rotatable bonds is 5. The van der Waals surface area contributed by atoms with Gasteiger partial charge in [0.05, 0.1) is 11.3 Å². The van der Waals surface area contributed by atoms with Gasteiger partial charge < -0.3 is 10.1 Å². The summed E-state index contributed by atoms with van der Waals surface area (Å²) in [5.41, 5.74) is 3.25. The third kappa shape index (κ3) is 4.94. The van der Waals surface area contributed by atoms with Crippen LogP contribution in [-0.4, -0.2) is 17.8 Å². The van der Waals surface area contributed by atoms with Gasteiger partial charge in [-0.15, -0.1) is 0 Å². The van der Waals surface area contributed by atoms with Crippen LogP contribution in [0.25, 0.3) is 0 Å². The number of anilines is 2. The minimum Gasteiger partial charge on any atom is -0.423 e. The number of esters is 1. The van der Waals surface area contributed by atoms with Crippen LogP contribution in [0.5, 0.6) is 5.75 Å². The Morgan fingerprint density at radius 3 is 2.12 bits per heavy atom. The van der Waals surface area contributed by atoms with Gasteiger partial charge in [0.1, 0.15) is 16.5 Å². The molecular formula is C25H18ClIN2O4. The molecule has 0 spiro atoms. The van der Waals surface area contributed by atoms with Crippen molar-refractivity contribution in [1.82, 2.24) is 0 Å². The number of benzene rings is 3. The lowest BCUT2D eigenvalue weighted by Crippen LogP contribution is -2.32. The fourth-order valence-electron chi connectivity index (χ4n) is 3.43. The van der Waals surface area contributed by atoms with Gasteiger partial charge >= 0.3 is 5.97 Å². The first-order valence-corrected chi connectivity index (χ1v) is 11.4. The summed E-state index contributed by atoms with van der Waals surface area (Å²) in [4.78, 5) is 39.0. The third-order valence-electron chi connectivity index (χ3n) is 4.91. The predicted molar refractivity (Wildman–Crippen MR) is 135 cm³/mol. The predicted octanol–water partition coefficient (Wildman–Crippen LogP) is 5.56. The van der Waals surface area contributed by atoms with Crippen molar-refractivity contribution in [3.8, 4) is 5.75 Å². The van der Waals surface area contributed by atoms with E-state index in [0.717, 1.165) is 19.6 Å². The standard InChI is InChI=1S/C25H18ClIN2O4/c1-14-11-15(2)13-20(12-14)33-25(32)16-3-7-18(8-4-16)28-22-21(26)23(30)29(24(22)31)19-9-5-17(27)6-10-19/h3-13,28H,1-2H3. The molecule has 0 fully saturated rings. The van der Waals surface area contributed by atoms with Crippen molar-refractivity contribution in [2.24, 2.45) is 0 Å². The molecule has 1 N–H and O–H groups in total. The number of nitrogens with one attached hydrogen (secondary N) is 1. The molecule has 2 amide bonds. The molecular weight excluding hydrogens is 555 g/mol. The zero-order chi connectivity index (χ0) is 23.7. The number of ether oxygens (including phenoxy) is 1. The summed E-state index contributed by atoms with van der Waals surface area (Å²) in [5.74, 6) is -1.17. The van der Waals surface area contributed by atoms with Gasteiger partial charge in [-0.3, -0.25) is 9.59 Å². The summed E-state index contributed by atoms with van der Waals surface area (Å²) in [6.45, 7) is 3.86. The van der Waals surface area contributed by atoms with Crippen molar-refractivity contribution >= 4 is 63.4 Å². The van der Waals surface area contributed by atoms with Gasteiger partial charge in [0.25, 0.3) is 11.8 Å². The van der Waals surface area contributed by atoms with Crippen LogP contribution in [0.2, 0.25) is 0 Å². The topological polar surface area (TPSA) is 75.7 Å². The van der Waals surface area contributed by atoms with Crippen molar-refractivity contribution in [2.75, 3.05) is 10.2 Å². The SMILES string of the molecule is Cc1cc(C)cc(OC(=O)c2ccc(NC3=C(Cl)C(=O)N(c4ccc(I)cc4)C3=O)cc2)c1. The summed E-state index contributed by atoms with van der Waals surface area (Å²) in [7, 11) is 0. The molecule has 6 nitrogen and oxygen atoms in total. The smallest absolute Gasteiger partial charge is 0.343 e. The van der Waals surface area contributed by atoms with Crippen LogP contribution in [0.4, 0.5) is 11.4 Å². The molecule has 0 atom stereocenters. The lowest BCUT2D eigenvalue weighted by Gasteiger charge is -2.15. The van der Waals surface area contributed by atoms with Crippen LogP contribution in [-0.2, 0) is 9.59 Å². The number of nitrogens with zero attached hydrogens (tertiary/aromatic N) is 1. The molecule has 0 unspecified atom stereocenters. The maximum atomic E-state index is 12.9. The maximum Gasteiger partial charge on any atom is 0.343 e. The number of hydrogen-bond acceptors (Lipinski definition) is 5. The Morgan fingerprint density at radius 1 is 0.909 bits per heavy atom. The molecule has 3 aromatic carbocycles. The Labute approximate surface area is 209 Å². The van der Waals surface area contributed by atoms with Crippen molar-refractivity contribution in [1.29, 1.82) is 0 Å². The summed E-state index contributed by atoms with van der Waals surface area (Å²) in [6.07, 6.45) is 0. The van der Waals surface area contributed by atoms with Gasteiger partial charge in [0, 0.05) is 9.26 Å². The van der Waals surface area contributed by atoms with E-state index in [4.69, 9.17) is 16.3 Å². The van der Waals surface area contributed by atoms with Gasteiger partial charge in [0.2, 0.25) is 0 Å². The molecule has 0 bridgehead atoms. The molecule has 1 heterocycles. The number of carbonyl (C=O) groups is 3. The van der Waals surface area contributed by atoms with E-state index in [9.17, 15) is 14.4 Å². The second-order valence-electron chi connectivity index (χ2n) is 7.53. The number of halogens is 2. The van der Waals surface area contributed by atoms with Gasteiger partial charge in [0.15, 0.2) is 0 Å². The molecule has 1 aliphatic rings. The molecule has 0 saturated heterocycles. The van der Waals surface area contributed by atoms with Gasteiger partial charge in [-0.05, 0) is 108 Å². The van der Waals surface area contributed by atoms with E-state index in [1.54, 1.807) is 60.7 Å². The zero-order valence-corrected chi connectivity index (χ0v) is 20.6. The normalized spacial score (nSPS) is 13.5. The monoisotopic (exact) mass is 572 g/mol. The van der Waals surface area contributed by atoms with Crippen molar-refractivity contribution in [2.45, 2.75) is 13.8 Å². The number of amides is 2. The summed E-state index contributed by atoms with van der Waals surface area (Å²) >= 11 is 8.32. The van der Waals surface area contributed by atoms with Crippen molar-refractivity contribution < 1.29 is 19.1 Å². The van der Waals surface area contributed by atoms with E-state index < -0.39 is 17.8 Å². The Hall–Kier alpha value is -3.17. The van der Waals surface area contributed by atoms with Crippen LogP contribution >= 0.6 is 34.2 Å². The molecule has 4 rings (SSSR count). The molecule has 0 aromatic heterocycles. The Morgan fingerprint density at radius 2 is 1.52 bits per heavy atom. The van der Waals surface area contributed by atoms with E-state index in [1.807, 2.05) is 19.9 Å². The van der Waals surface area contributed by atoms with E-state index >= 15 is 0 Å². The average Bonchev–Trinajstić information content (AvgIpc) is 2.97. The van der Waals surface area contributed by atoms with Crippen LogP contribution in [0, 0.1) is 17.4 Å². The molecule has 0 saturated carbocycles. The fourth-order valence-corrected chi connectivity index (χ4v) is 4.00. The number of carbonyl (C=O) groups excluding carboxylic acids is 3. The maximum absolute atomic E-state index is 12.9. The first kappa shape index (κ1) is 23.0. The number of aryl methyl sites for hydroxylation is 2. The highest BCUT2D eigenvalue weighted by atomic mass is 127. The van der Waals surface area contributed by atoms with E-state index in [1.165, 1.54) is 0 Å². The molecule has 0 aliphatic carbocycles. The summed E-state index contributed by atoms with van der Waals surface area (Å²) in [6, 6.07) is 18.9. The zero-order valence-electron chi connectivity index (χ0n) is 17.7. The minimum absolute atomic E-state index is 0.0224. The van der Waals surface area contributed by atoms with Crippen molar-refractivity contribution in [3.05, 3.63) is 97.7 Å². The van der Waals surface area contributed by atoms with E-state index in [0.29, 0.717) is 22.7 Å². The summed E-state index contributed by atoms with van der Waals surface area (Å²) in [5, 5.41) is 2.70. The molecule has 1 aliphatic heterocycles. The Balaban J connectivity index is 1.48. The van der Waals surface area contributed by atoms with Crippen LogP contribution < -0.4 is 15.0 Å². The lowest BCUT2D eigenvalue weighted by atomic mass is 10.1. The number of imide groups is 1.